The van der Waals surface area contributed by atoms with Crippen LogP contribution < -0.4 is 16.4 Å². The molecule has 1 saturated heterocycles. The van der Waals surface area contributed by atoms with Gasteiger partial charge in [-0.1, -0.05) is 12.1 Å². The average molecular weight is 418 g/mol. The minimum atomic E-state index is -1.00. The van der Waals surface area contributed by atoms with Crippen molar-refractivity contribution in [1.82, 2.24) is 9.97 Å². The summed E-state index contributed by atoms with van der Waals surface area (Å²) in [6, 6.07) is 6.38. The molecule has 2 aromatic rings. The third-order valence-electron chi connectivity index (χ3n) is 5.05. The van der Waals surface area contributed by atoms with Crippen molar-refractivity contribution in [3.8, 4) is 0 Å². The lowest BCUT2D eigenvalue weighted by Gasteiger charge is -2.19. The van der Waals surface area contributed by atoms with Gasteiger partial charge in [0.25, 0.3) is 5.69 Å². The molecule has 0 bridgehead atoms. The van der Waals surface area contributed by atoms with E-state index in [0.29, 0.717) is 30.2 Å². The third kappa shape index (κ3) is 5.00. The molecular weight excluding hydrogens is 392 g/mol. The summed E-state index contributed by atoms with van der Waals surface area (Å²) in [5.41, 5.74) is 7.88. The Balaban J connectivity index is 1.67. The summed E-state index contributed by atoms with van der Waals surface area (Å²) >= 11 is 0. The molecule has 3 rings (SSSR count). The molecule has 11 heteroatoms. The van der Waals surface area contributed by atoms with Crippen molar-refractivity contribution in [1.29, 1.82) is 0 Å². The molecule has 11 nitrogen and oxygen atoms in total. The van der Waals surface area contributed by atoms with Crippen molar-refractivity contribution in [2.75, 3.05) is 23.8 Å². The number of nitrogens with zero attached hydrogens (tertiary/aromatic N) is 3. The number of benzene rings is 1. The van der Waals surface area contributed by atoms with E-state index < -0.39 is 29.3 Å². The number of non-ortho nitro benzene ring substituents is 1. The van der Waals surface area contributed by atoms with Crippen LogP contribution in [-0.2, 0) is 17.6 Å². The molecule has 1 aromatic heterocycles. The molecule has 0 aliphatic carbocycles. The van der Waals surface area contributed by atoms with Crippen LogP contribution in [0.15, 0.2) is 30.6 Å². The minimum absolute atomic E-state index is 0.0531. The van der Waals surface area contributed by atoms with E-state index in [-0.39, 0.29) is 18.8 Å². The summed E-state index contributed by atoms with van der Waals surface area (Å²) < 4.78 is 5.64. The zero-order valence-electron chi connectivity index (χ0n) is 16.6. The maximum Gasteiger partial charge on any atom is 0.269 e. The van der Waals surface area contributed by atoms with Gasteiger partial charge in [-0.15, -0.1) is 0 Å². The number of nitrogens with two attached hydrogens (primary N) is 1. The van der Waals surface area contributed by atoms with Crippen LogP contribution in [0.3, 0.4) is 0 Å². The fourth-order valence-corrected chi connectivity index (χ4v) is 3.40. The molecule has 0 unspecified atom stereocenters. The lowest BCUT2D eigenvalue weighted by molar-refractivity contribution is -0.384. The predicted molar refractivity (Wildman–Crippen MR) is 110 cm³/mol. The summed E-state index contributed by atoms with van der Waals surface area (Å²) in [7, 11) is 0. The van der Waals surface area contributed by atoms with Crippen LogP contribution in [-0.4, -0.2) is 62.7 Å². The molecule has 162 valence electrons. The number of ether oxygens (including phenoxy) is 1. The first-order valence-electron chi connectivity index (χ1n) is 9.67. The highest BCUT2D eigenvalue weighted by atomic mass is 16.6. The monoisotopic (exact) mass is 418 g/mol. The number of aromatic nitrogens is 2. The Hall–Kier alpha value is -2.86. The summed E-state index contributed by atoms with van der Waals surface area (Å²) in [5.74, 6) is 0.549. The van der Waals surface area contributed by atoms with Gasteiger partial charge >= 0.3 is 0 Å². The maximum absolute atomic E-state index is 10.7. The SMILES string of the molecule is C[C@H]1O[C@@H](Cc2ncnc(NCCc3ccc([N+](=O)[O-])cc3)c2NCN)[C@H](O)[C@@H]1O. The van der Waals surface area contributed by atoms with Gasteiger partial charge in [-0.3, -0.25) is 10.1 Å². The summed E-state index contributed by atoms with van der Waals surface area (Å²) in [4.78, 5) is 18.9. The number of nitro groups is 1. The van der Waals surface area contributed by atoms with E-state index in [1.807, 2.05) is 0 Å². The van der Waals surface area contributed by atoms with Crippen LogP contribution in [0.4, 0.5) is 17.2 Å². The lowest BCUT2D eigenvalue weighted by Crippen LogP contribution is -2.33. The van der Waals surface area contributed by atoms with E-state index in [1.165, 1.54) is 18.5 Å². The van der Waals surface area contributed by atoms with Gasteiger partial charge < -0.3 is 31.3 Å². The van der Waals surface area contributed by atoms with Gasteiger partial charge in [0.15, 0.2) is 5.82 Å². The van der Waals surface area contributed by atoms with Gasteiger partial charge in [-0.2, -0.15) is 0 Å². The highest BCUT2D eigenvalue weighted by Gasteiger charge is 2.40. The van der Waals surface area contributed by atoms with Crippen molar-refractivity contribution in [3.63, 3.8) is 0 Å². The molecule has 1 aliphatic heterocycles. The predicted octanol–water partition coefficient (Wildman–Crippen LogP) is 0.419. The zero-order chi connectivity index (χ0) is 21.7. The Morgan fingerprint density at radius 3 is 2.53 bits per heavy atom. The molecule has 0 saturated carbocycles. The van der Waals surface area contributed by atoms with E-state index in [0.717, 1.165) is 5.56 Å². The molecule has 1 fully saturated rings. The smallest absolute Gasteiger partial charge is 0.269 e. The minimum Gasteiger partial charge on any atom is -0.388 e. The normalized spacial score (nSPS) is 23.3. The Morgan fingerprint density at radius 2 is 1.93 bits per heavy atom. The van der Waals surface area contributed by atoms with Crippen LogP contribution in [0.2, 0.25) is 0 Å². The molecular formula is C19H26N6O5. The fraction of sp³-hybridized carbons (Fsp3) is 0.474. The summed E-state index contributed by atoms with van der Waals surface area (Å²) in [6.07, 6.45) is -0.667. The van der Waals surface area contributed by atoms with E-state index in [2.05, 4.69) is 20.6 Å². The molecule has 6 N–H and O–H groups in total. The molecule has 2 heterocycles. The third-order valence-corrected chi connectivity index (χ3v) is 5.05. The van der Waals surface area contributed by atoms with Crippen LogP contribution >= 0.6 is 0 Å². The maximum atomic E-state index is 10.7. The first kappa shape index (κ1) is 21.8. The Kier molecular flexibility index (Phi) is 7.11. The number of nitrogens with one attached hydrogen (secondary N) is 2. The molecule has 30 heavy (non-hydrogen) atoms. The quantitative estimate of drug-likeness (QED) is 0.218. The number of rotatable bonds is 9. The molecule has 0 spiro atoms. The number of hydrogen-bond acceptors (Lipinski definition) is 10. The van der Waals surface area contributed by atoms with Crippen LogP contribution in [0.25, 0.3) is 0 Å². The van der Waals surface area contributed by atoms with Crippen LogP contribution in [0.5, 0.6) is 0 Å². The van der Waals surface area contributed by atoms with Crippen LogP contribution in [0, 0.1) is 10.1 Å². The van der Waals surface area contributed by atoms with Gasteiger partial charge in [0, 0.05) is 25.1 Å². The summed E-state index contributed by atoms with van der Waals surface area (Å²) in [5, 5.41) is 37.1. The van der Waals surface area contributed by atoms with Crippen molar-refractivity contribution >= 4 is 17.2 Å². The van der Waals surface area contributed by atoms with Crippen molar-refractivity contribution in [3.05, 3.63) is 52.0 Å². The van der Waals surface area contributed by atoms with E-state index in [9.17, 15) is 20.3 Å². The van der Waals surface area contributed by atoms with Gasteiger partial charge in [0.05, 0.1) is 29.5 Å². The van der Waals surface area contributed by atoms with Gasteiger partial charge in [-0.25, -0.2) is 9.97 Å². The standard InChI is InChI=1S/C19H26N6O5/c1-11-17(26)18(27)15(30-11)8-14-16(22-9-20)19(24-10-23-14)21-7-6-12-2-4-13(5-3-12)25(28)29/h2-5,10-11,15,17-18,22,26-27H,6-9,20H2,1H3,(H,21,23,24)/t11-,15+,17-,18+/m1/s1. The average Bonchev–Trinajstić information content (AvgIpc) is 2.97. The summed E-state index contributed by atoms with van der Waals surface area (Å²) in [6.45, 7) is 2.40. The number of nitro benzene ring substituents is 1. The lowest BCUT2D eigenvalue weighted by atomic mass is 10.0. The topological polar surface area (TPSA) is 169 Å². The molecule has 1 aromatic carbocycles. The number of aliphatic hydroxyl groups excluding tert-OH is 2. The van der Waals surface area contributed by atoms with Crippen LogP contribution in [0.1, 0.15) is 18.2 Å². The van der Waals surface area contributed by atoms with E-state index >= 15 is 0 Å². The molecule has 0 radical (unpaired) electrons. The second kappa shape index (κ2) is 9.76. The molecule has 0 amide bonds. The Bertz CT molecular complexity index is 865. The molecule has 4 atom stereocenters. The zero-order valence-corrected chi connectivity index (χ0v) is 16.6. The second-order valence-corrected chi connectivity index (χ2v) is 7.09. The fourth-order valence-electron chi connectivity index (χ4n) is 3.40. The van der Waals surface area contributed by atoms with E-state index in [4.69, 9.17) is 10.5 Å². The highest BCUT2D eigenvalue weighted by Crippen LogP contribution is 2.28. The number of hydrogen-bond donors (Lipinski definition) is 5. The first-order chi connectivity index (χ1) is 14.4. The van der Waals surface area contributed by atoms with Crippen molar-refractivity contribution in [2.45, 2.75) is 44.2 Å². The van der Waals surface area contributed by atoms with Gasteiger partial charge in [-0.05, 0) is 18.9 Å². The van der Waals surface area contributed by atoms with Gasteiger partial charge in [0.1, 0.15) is 24.2 Å². The largest absolute Gasteiger partial charge is 0.388 e. The number of aliphatic hydroxyl groups is 2. The van der Waals surface area contributed by atoms with Gasteiger partial charge in [0.2, 0.25) is 0 Å². The van der Waals surface area contributed by atoms with Crippen molar-refractivity contribution in [2.24, 2.45) is 5.73 Å². The number of anilines is 2. The van der Waals surface area contributed by atoms with E-state index in [1.54, 1.807) is 19.1 Å². The van der Waals surface area contributed by atoms with Crippen molar-refractivity contribution < 1.29 is 19.9 Å². The highest BCUT2D eigenvalue weighted by molar-refractivity contribution is 5.67. The Morgan fingerprint density at radius 1 is 1.20 bits per heavy atom. The Labute approximate surface area is 173 Å². The second-order valence-electron chi connectivity index (χ2n) is 7.09. The first-order valence-corrected chi connectivity index (χ1v) is 9.67. The molecule has 1 aliphatic rings.